The summed E-state index contributed by atoms with van der Waals surface area (Å²) >= 11 is 3.10. The van der Waals surface area contributed by atoms with E-state index in [1.54, 1.807) is 19.1 Å². The summed E-state index contributed by atoms with van der Waals surface area (Å²) in [5.74, 6) is 0. The number of nitro groups is 1. The average Bonchev–Trinajstić information content (AvgIpc) is 2.11. The molecule has 0 aliphatic rings. The van der Waals surface area contributed by atoms with Gasteiger partial charge in [-0.25, -0.2) is 0 Å². The minimum Gasteiger partial charge on any atom is -0.258 e. The van der Waals surface area contributed by atoms with Gasteiger partial charge in [-0.15, -0.1) is 0 Å². The maximum Gasteiger partial charge on any atom is 0.287 e. The van der Waals surface area contributed by atoms with Crippen molar-refractivity contribution >= 4 is 21.6 Å². The largest absolute Gasteiger partial charge is 0.287 e. The number of halogens is 1. The molecule has 4 nitrogen and oxygen atoms in total. The van der Waals surface area contributed by atoms with Crippen LogP contribution in [0.1, 0.15) is 11.1 Å². The molecular formula is C9H7BrN2O2. The molecule has 0 spiro atoms. The van der Waals surface area contributed by atoms with E-state index >= 15 is 0 Å². The highest BCUT2D eigenvalue weighted by Crippen LogP contribution is 2.31. The zero-order valence-electron chi connectivity index (χ0n) is 7.45. The molecule has 0 fully saturated rings. The predicted octanol–water partition coefficient (Wildman–Crippen LogP) is 2.73. The Balaban J connectivity index is 3.43. The van der Waals surface area contributed by atoms with E-state index in [1.165, 1.54) is 0 Å². The third kappa shape index (κ3) is 1.91. The van der Waals surface area contributed by atoms with Gasteiger partial charge in [0, 0.05) is 5.56 Å². The molecule has 0 amide bonds. The van der Waals surface area contributed by atoms with Crippen molar-refractivity contribution in [2.45, 2.75) is 13.3 Å². The molecule has 0 N–H and O–H groups in total. The van der Waals surface area contributed by atoms with E-state index in [0.29, 0.717) is 10.0 Å². The summed E-state index contributed by atoms with van der Waals surface area (Å²) < 4.78 is 0.415. The van der Waals surface area contributed by atoms with Gasteiger partial charge in [-0.1, -0.05) is 6.07 Å². The van der Waals surface area contributed by atoms with Gasteiger partial charge in [-0.05, 0) is 34.5 Å². The van der Waals surface area contributed by atoms with Crippen molar-refractivity contribution in [1.82, 2.24) is 0 Å². The Morgan fingerprint density at radius 2 is 2.29 bits per heavy atom. The molecule has 5 heteroatoms. The topological polar surface area (TPSA) is 66.9 Å². The highest BCUT2D eigenvalue weighted by atomic mass is 79.9. The normalized spacial score (nSPS) is 9.50. The lowest BCUT2D eigenvalue weighted by molar-refractivity contribution is -0.386. The van der Waals surface area contributed by atoms with Crippen molar-refractivity contribution in [3.05, 3.63) is 37.8 Å². The summed E-state index contributed by atoms with van der Waals surface area (Å²) in [4.78, 5) is 10.3. The van der Waals surface area contributed by atoms with Gasteiger partial charge in [-0.3, -0.25) is 10.1 Å². The summed E-state index contributed by atoms with van der Waals surface area (Å²) in [7, 11) is 0. The van der Waals surface area contributed by atoms with Gasteiger partial charge < -0.3 is 0 Å². The zero-order valence-corrected chi connectivity index (χ0v) is 9.04. The molecule has 0 aliphatic heterocycles. The van der Waals surface area contributed by atoms with Crippen LogP contribution >= 0.6 is 15.9 Å². The zero-order chi connectivity index (χ0) is 10.7. The monoisotopic (exact) mass is 254 g/mol. The van der Waals surface area contributed by atoms with Crippen LogP contribution in [0, 0.1) is 28.4 Å². The first-order chi connectivity index (χ1) is 6.57. The molecule has 1 rings (SSSR count). The predicted molar refractivity (Wildman–Crippen MR) is 54.9 cm³/mol. The minimum absolute atomic E-state index is 0.00782. The molecule has 0 bridgehead atoms. The molecule has 0 unspecified atom stereocenters. The average molecular weight is 255 g/mol. The van der Waals surface area contributed by atoms with Crippen LogP contribution in [0.2, 0.25) is 0 Å². The third-order valence-corrected chi connectivity index (χ3v) is 2.55. The first-order valence-electron chi connectivity index (χ1n) is 3.87. The number of nitriles is 1. The number of aryl methyl sites for hydroxylation is 1. The lowest BCUT2D eigenvalue weighted by atomic mass is 10.0. The fraction of sp³-hybridized carbons (Fsp3) is 0.222. The second kappa shape index (κ2) is 4.20. The van der Waals surface area contributed by atoms with E-state index in [-0.39, 0.29) is 12.1 Å². The third-order valence-electron chi connectivity index (χ3n) is 1.91. The first-order valence-corrected chi connectivity index (χ1v) is 4.66. The Morgan fingerprint density at radius 1 is 1.64 bits per heavy atom. The standard InChI is InChI=1S/C9H7BrN2O2/c1-6-2-3-8(10)9(12(13)14)7(6)4-5-11/h2-3H,4H2,1H3. The molecule has 0 saturated heterocycles. The molecule has 0 atom stereocenters. The molecule has 1 aromatic rings. The van der Waals surface area contributed by atoms with Gasteiger partial charge in [0.15, 0.2) is 0 Å². The Hall–Kier alpha value is -1.41. The van der Waals surface area contributed by atoms with Crippen LogP contribution in [0.25, 0.3) is 0 Å². The van der Waals surface area contributed by atoms with Crippen LogP contribution in [0.15, 0.2) is 16.6 Å². The highest BCUT2D eigenvalue weighted by Gasteiger charge is 2.19. The first kappa shape index (κ1) is 10.7. The lowest BCUT2D eigenvalue weighted by Crippen LogP contribution is -1.98. The van der Waals surface area contributed by atoms with E-state index in [1.807, 2.05) is 6.07 Å². The van der Waals surface area contributed by atoms with Crippen LogP contribution < -0.4 is 0 Å². The number of hydrogen-bond acceptors (Lipinski definition) is 3. The van der Waals surface area contributed by atoms with E-state index in [0.717, 1.165) is 5.56 Å². The van der Waals surface area contributed by atoms with E-state index < -0.39 is 4.92 Å². The molecule has 0 radical (unpaired) electrons. The molecule has 0 saturated carbocycles. The number of nitro benzene ring substituents is 1. The molecular weight excluding hydrogens is 248 g/mol. The van der Waals surface area contributed by atoms with Crippen LogP contribution in [-0.4, -0.2) is 4.92 Å². The summed E-state index contributed by atoms with van der Waals surface area (Å²) in [6.45, 7) is 1.76. The Bertz CT molecular complexity index is 424. The van der Waals surface area contributed by atoms with Gasteiger partial charge >= 0.3 is 0 Å². The summed E-state index contributed by atoms with van der Waals surface area (Å²) in [6.07, 6.45) is 0.0571. The van der Waals surface area contributed by atoms with Crippen LogP contribution in [0.3, 0.4) is 0 Å². The molecule has 0 aromatic heterocycles. The second-order valence-electron chi connectivity index (χ2n) is 2.78. The maximum atomic E-state index is 10.7. The number of nitrogens with zero attached hydrogens (tertiary/aromatic N) is 2. The highest BCUT2D eigenvalue weighted by molar-refractivity contribution is 9.10. The Kier molecular flexibility index (Phi) is 3.20. The summed E-state index contributed by atoms with van der Waals surface area (Å²) in [5.41, 5.74) is 1.24. The fourth-order valence-corrected chi connectivity index (χ4v) is 1.72. The van der Waals surface area contributed by atoms with Crippen molar-refractivity contribution in [2.75, 3.05) is 0 Å². The maximum absolute atomic E-state index is 10.7. The van der Waals surface area contributed by atoms with E-state index in [2.05, 4.69) is 15.9 Å². The molecule has 72 valence electrons. The van der Waals surface area contributed by atoms with Gasteiger partial charge in [0.1, 0.15) is 0 Å². The molecule has 0 aliphatic carbocycles. The lowest BCUT2D eigenvalue weighted by Gasteiger charge is -2.04. The van der Waals surface area contributed by atoms with Crippen molar-refractivity contribution in [3.63, 3.8) is 0 Å². The Morgan fingerprint density at radius 3 is 2.79 bits per heavy atom. The second-order valence-corrected chi connectivity index (χ2v) is 3.64. The fourth-order valence-electron chi connectivity index (χ4n) is 1.21. The van der Waals surface area contributed by atoms with Crippen molar-refractivity contribution in [2.24, 2.45) is 0 Å². The van der Waals surface area contributed by atoms with Crippen LogP contribution in [0.4, 0.5) is 5.69 Å². The Labute approximate surface area is 89.4 Å². The summed E-state index contributed by atoms with van der Waals surface area (Å²) in [5, 5.41) is 19.3. The number of benzene rings is 1. The quantitative estimate of drug-likeness (QED) is 0.602. The van der Waals surface area contributed by atoms with Crippen molar-refractivity contribution in [3.8, 4) is 6.07 Å². The van der Waals surface area contributed by atoms with Gasteiger partial charge in [0.2, 0.25) is 0 Å². The van der Waals surface area contributed by atoms with Gasteiger partial charge in [-0.2, -0.15) is 5.26 Å². The van der Waals surface area contributed by atoms with Crippen LogP contribution in [-0.2, 0) is 6.42 Å². The van der Waals surface area contributed by atoms with E-state index in [4.69, 9.17) is 5.26 Å². The molecule has 0 heterocycles. The summed E-state index contributed by atoms with van der Waals surface area (Å²) in [6, 6.07) is 5.30. The van der Waals surface area contributed by atoms with Gasteiger partial charge in [0.25, 0.3) is 5.69 Å². The molecule has 1 aromatic carbocycles. The smallest absolute Gasteiger partial charge is 0.258 e. The van der Waals surface area contributed by atoms with E-state index in [9.17, 15) is 10.1 Å². The van der Waals surface area contributed by atoms with Crippen molar-refractivity contribution < 1.29 is 4.92 Å². The van der Waals surface area contributed by atoms with Crippen LogP contribution in [0.5, 0.6) is 0 Å². The number of rotatable bonds is 2. The molecule has 14 heavy (non-hydrogen) atoms. The van der Waals surface area contributed by atoms with Gasteiger partial charge in [0.05, 0.1) is 21.9 Å². The SMILES string of the molecule is Cc1ccc(Br)c([N+](=O)[O-])c1CC#N. The number of hydrogen-bond donors (Lipinski definition) is 0. The van der Waals surface area contributed by atoms with Crippen molar-refractivity contribution in [1.29, 1.82) is 5.26 Å². The minimum atomic E-state index is -0.468.